The number of imidazole rings is 1. The topological polar surface area (TPSA) is 86.5 Å². The Bertz CT molecular complexity index is 809. The number of fused-ring (bicyclic) bond motifs is 1. The predicted molar refractivity (Wildman–Crippen MR) is 84.7 cm³/mol. The molecule has 0 saturated carbocycles. The molecule has 22 heavy (non-hydrogen) atoms. The first kappa shape index (κ1) is 14.2. The molecule has 6 nitrogen and oxygen atoms in total. The standard InChI is InChI=1S/C16H16N4O2/c17-10-3-4-14-16(18-15-5-1-2-11-19(14)15)12-6-8-13(9-7-12)20(21)22/h1-2,5-9,11H,3-4,10,17H2. The Morgan fingerprint density at radius 2 is 1.95 bits per heavy atom. The van der Waals surface area contributed by atoms with Crippen molar-refractivity contribution in [3.8, 4) is 11.3 Å². The number of nitrogens with zero attached hydrogens (tertiary/aromatic N) is 3. The lowest BCUT2D eigenvalue weighted by molar-refractivity contribution is -0.384. The van der Waals surface area contributed by atoms with Crippen molar-refractivity contribution in [2.24, 2.45) is 5.73 Å². The third-order valence-corrected chi connectivity index (χ3v) is 3.60. The number of nitro groups is 1. The van der Waals surface area contributed by atoms with E-state index in [1.165, 1.54) is 12.1 Å². The lowest BCUT2D eigenvalue weighted by atomic mass is 10.1. The molecule has 0 bridgehead atoms. The van der Waals surface area contributed by atoms with Crippen molar-refractivity contribution in [1.29, 1.82) is 0 Å². The maximum Gasteiger partial charge on any atom is 0.269 e. The minimum absolute atomic E-state index is 0.0797. The van der Waals surface area contributed by atoms with Gasteiger partial charge >= 0.3 is 0 Å². The Balaban J connectivity index is 2.10. The number of rotatable bonds is 5. The van der Waals surface area contributed by atoms with E-state index in [9.17, 15) is 10.1 Å². The first-order valence-corrected chi connectivity index (χ1v) is 7.11. The van der Waals surface area contributed by atoms with Gasteiger partial charge in [-0.3, -0.25) is 10.1 Å². The van der Waals surface area contributed by atoms with Gasteiger partial charge in [-0.15, -0.1) is 0 Å². The van der Waals surface area contributed by atoms with Crippen molar-refractivity contribution >= 4 is 11.3 Å². The highest BCUT2D eigenvalue weighted by Gasteiger charge is 2.14. The van der Waals surface area contributed by atoms with Crippen LogP contribution in [0.4, 0.5) is 5.69 Å². The lowest BCUT2D eigenvalue weighted by Gasteiger charge is -2.04. The maximum absolute atomic E-state index is 10.8. The molecule has 2 aromatic heterocycles. The van der Waals surface area contributed by atoms with Crippen molar-refractivity contribution in [1.82, 2.24) is 9.38 Å². The molecule has 0 unspecified atom stereocenters. The molecule has 0 amide bonds. The Morgan fingerprint density at radius 3 is 2.64 bits per heavy atom. The fraction of sp³-hybridized carbons (Fsp3) is 0.188. The monoisotopic (exact) mass is 296 g/mol. The molecule has 0 aliphatic rings. The quantitative estimate of drug-likeness (QED) is 0.579. The zero-order valence-electron chi connectivity index (χ0n) is 12.0. The Hall–Kier alpha value is -2.73. The molecule has 0 radical (unpaired) electrons. The van der Waals surface area contributed by atoms with Gasteiger partial charge < -0.3 is 10.1 Å². The van der Waals surface area contributed by atoms with E-state index in [4.69, 9.17) is 5.73 Å². The van der Waals surface area contributed by atoms with Crippen LogP contribution in [0, 0.1) is 10.1 Å². The fourth-order valence-electron chi connectivity index (χ4n) is 2.53. The fourth-order valence-corrected chi connectivity index (χ4v) is 2.53. The highest BCUT2D eigenvalue weighted by Crippen LogP contribution is 2.27. The molecular formula is C16H16N4O2. The highest BCUT2D eigenvalue weighted by atomic mass is 16.6. The normalized spacial score (nSPS) is 11.0. The second-order valence-electron chi connectivity index (χ2n) is 5.03. The lowest BCUT2D eigenvalue weighted by Crippen LogP contribution is -2.03. The molecule has 0 saturated heterocycles. The largest absolute Gasteiger partial charge is 0.330 e. The molecule has 0 atom stereocenters. The molecule has 0 spiro atoms. The molecule has 0 aliphatic heterocycles. The number of hydrogen-bond acceptors (Lipinski definition) is 4. The van der Waals surface area contributed by atoms with Crippen LogP contribution in [0.5, 0.6) is 0 Å². The van der Waals surface area contributed by atoms with Gasteiger partial charge in [-0.25, -0.2) is 4.98 Å². The van der Waals surface area contributed by atoms with Gasteiger partial charge in [0.25, 0.3) is 5.69 Å². The number of aromatic nitrogens is 2. The van der Waals surface area contributed by atoms with E-state index in [0.29, 0.717) is 6.54 Å². The van der Waals surface area contributed by atoms with E-state index in [0.717, 1.165) is 35.4 Å². The summed E-state index contributed by atoms with van der Waals surface area (Å²) in [6, 6.07) is 12.3. The van der Waals surface area contributed by atoms with Crippen LogP contribution in [0.15, 0.2) is 48.7 Å². The maximum atomic E-state index is 10.8. The van der Waals surface area contributed by atoms with E-state index in [-0.39, 0.29) is 5.69 Å². The average molecular weight is 296 g/mol. The smallest absolute Gasteiger partial charge is 0.269 e. The summed E-state index contributed by atoms with van der Waals surface area (Å²) in [5.41, 5.74) is 9.38. The van der Waals surface area contributed by atoms with Gasteiger partial charge in [0, 0.05) is 23.9 Å². The van der Waals surface area contributed by atoms with Crippen LogP contribution in [-0.4, -0.2) is 20.9 Å². The first-order chi connectivity index (χ1) is 10.7. The van der Waals surface area contributed by atoms with Gasteiger partial charge in [0.1, 0.15) is 5.65 Å². The van der Waals surface area contributed by atoms with E-state index in [2.05, 4.69) is 4.98 Å². The second kappa shape index (κ2) is 5.95. The number of benzene rings is 1. The number of nitro benzene ring substituents is 1. The number of nitrogens with two attached hydrogens (primary N) is 1. The summed E-state index contributed by atoms with van der Waals surface area (Å²) < 4.78 is 2.05. The van der Waals surface area contributed by atoms with Crippen LogP contribution in [0.3, 0.4) is 0 Å². The Labute approximate surface area is 127 Å². The zero-order valence-corrected chi connectivity index (χ0v) is 12.0. The molecule has 0 fully saturated rings. The minimum atomic E-state index is -0.400. The van der Waals surface area contributed by atoms with E-state index < -0.39 is 4.92 Å². The van der Waals surface area contributed by atoms with Crippen LogP contribution < -0.4 is 5.73 Å². The summed E-state index contributed by atoms with van der Waals surface area (Å²) in [6.45, 7) is 0.611. The summed E-state index contributed by atoms with van der Waals surface area (Å²) in [5.74, 6) is 0. The van der Waals surface area contributed by atoms with Crippen molar-refractivity contribution in [3.63, 3.8) is 0 Å². The van der Waals surface area contributed by atoms with Gasteiger partial charge in [-0.1, -0.05) is 6.07 Å². The second-order valence-corrected chi connectivity index (χ2v) is 5.03. The summed E-state index contributed by atoms with van der Waals surface area (Å²) in [7, 11) is 0. The number of aryl methyl sites for hydroxylation is 1. The van der Waals surface area contributed by atoms with Gasteiger partial charge in [0.05, 0.1) is 16.3 Å². The summed E-state index contributed by atoms with van der Waals surface area (Å²) in [4.78, 5) is 15.0. The Morgan fingerprint density at radius 1 is 1.18 bits per heavy atom. The van der Waals surface area contributed by atoms with Crippen LogP contribution in [0.1, 0.15) is 12.1 Å². The van der Waals surface area contributed by atoms with Crippen LogP contribution >= 0.6 is 0 Å². The van der Waals surface area contributed by atoms with Crippen LogP contribution in [0.25, 0.3) is 16.9 Å². The van der Waals surface area contributed by atoms with Gasteiger partial charge in [0.15, 0.2) is 0 Å². The molecule has 2 heterocycles. The minimum Gasteiger partial charge on any atom is -0.330 e. The van der Waals surface area contributed by atoms with E-state index in [1.807, 2.05) is 28.8 Å². The van der Waals surface area contributed by atoms with Crippen molar-refractivity contribution in [3.05, 3.63) is 64.5 Å². The average Bonchev–Trinajstić information content (AvgIpc) is 2.91. The first-order valence-electron chi connectivity index (χ1n) is 7.11. The third-order valence-electron chi connectivity index (χ3n) is 3.60. The SMILES string of the molecule is NCCCc1c(-c2ccc([N+](=O)[O-])cc2)nc2ccccn12. The zero-order chi connectivity index (χ0) is 15.5. The molecule has 1 aromatic carbocycles. The van der Waals surface area contributed by atoms with Gasteiger partial charge in [-0.05, 0) is 43.7 Å². The van der Waals surface area contributed by atoms with Gasteiger partial charge in [0.2, 0.25) is 0 Å². The molecule has 6 heteroatoms. The molecule has 3 rings (SSSR count). The summed E-state index contributed by atoms with van der Waals surface area (Å²) in [5, 5.41) is 10.8. The summed E-state index contributed by atoms with van der Waals surface area (Å²) in [6.07, 6.45) is 3.65. The van der Waals surface area contributed by atoms with Gasteiger partial charge in [-0.2, -0.15) is 0 Å². The molecular weight excluding hydrogens is 280 g/mol. The predicted octanol–water partition coefficient (Wildman–Crippen LogP) is 2.80. The van der Waals surface area contributed by atoms with E-state index in [1.54, 1.807) is 12.1 Å². The molecule has 3 aromatic rings. The summed E-state index contributed by atoms with van der Waals surface area (Å²) >= 11 is 0. The highest BCUT2D eigenvalue weighted by molar-refractivity contribution is 5.67. The number of pyridine rings is 1. The number of hydrogen-bond donors (Lipinski definition) is 1. The number of non-ortho nitro benzene ring substituents is 1. The van der Waals surface area contributed by atoms with Crippen molar-refractivity contribution < 1.29 is 4.92 Å². The van der Waals surface area contributed by atoms with Crippen LogP contribution in [0.2, 0.25) is 0 Å². The molecule has 0 aliphatic carbocycles. The van der Waals surface area contributed by atoms with Crippen molar-refractivity contribution in [2.75, 3.05) is 6.54 Å². The van der Waals surface area contributed by atoms with E-state index >= 15 is 0 Å². The van der Waals surface area contributed by atoms with Crippen LogP contribution in [-0.2, 0) is 6.42 Å². The Kier molecular flexibility index (Phi) is 3.84. The molecule has 2 N–H and O–H groups in total. The van der Waals surface area contributed by atoms with Crippen molar-refractivity contribution in [2.45, 2.75) is 12.8 Å². The molecule has 112 valence electrons. The third kappa shape index (κ3) is 2.56.